The van der Waals surface area contributed by atoms with Crippen LogP contribution in [0, 0.1) is 29.1 Å². The van der Waals surface area contributed by atoms with Crippen LogP contribution < -0.4 is 4.74 Å². The van der Waals surface area contributed by atoms with Gasteiger partial charge in [0.2, 0.25) is 0 Å². The molecule has 0 atom stereocenters. The second-order valence-corrected chi connectivity index (χ2v) is 9.99. The fourth-order valence-electron chi connectivity index (χ4n) is 5.40. The van der Waals surface area contributed by atoms with Crippen LogP contribution in [0.5, 0.6) is 5.75 Å². The molecule has 0 aliphatic rings. The number of hydrogen-bond acceptors (Lipinski definition) is 3. The van der Waals surface area contributed by atoms with Gasteiger partial charge in [0.1, 0.15) is 11.5 Å². The molecular weight excluding hydrogens is 401 g/mol. The maximum Gasteiger partial charge on any atom is 0.255 e. The maximum atomic E-state index is 14.1. The molecule has 0 fully saturated rings. The van der Waals surface area contributed by atoms with Crippen molar-refractivity contribution in [3.8, 4) is 5.75 Å². The van der Waals surface area contributed by atoms with Crippen molar-refractivity contribution in [2.24, 2.45) is 23.2 Å². The summed E-state index contributed by atoms with van der Waals surface area (Å²) in [5.74, 6) is 2.14. The molecule has 0 amide bonds. The SMILES string of the molecule is C=C(OCC)c1ccc(OCCCCCCCCCC(C(C)C)(C(C)C)C(C)C)c(F)n1. The Kier molecular flexibility index (Phi) is 12.9. The first-order valence-electron chi connectivity index (χ1n) is 12.8. The van der Waals surface area contributed by atoms with Crippen LogP contribution >= 0.6 is 0 Å². The first-order chi connectivity index (χ1) is 15.2. The highest BCUT2D eigenvalue weighted by Crippen LogP contribution is 2.47. The zero-order valence-electron chi connectivity index (χ0n) is 21.8. The summed E-state index contributed by atoms with van der Waals surface area (Å²) in [5.41, 5.74) is 0.861. The second-order valence-electron chi connectivity index (χ2n) is 9.99. The van der Waals surface area contributed by atoms with E-state index in [1.807, 2.05) is 6.92 Å². The van der Waals surface area contributed by atoms with Gasteiger partial charge in [-0.2, -0.15) is 4.39 Å². The molecule has 32 heavy (non-hydrogen) atoms. The van der Waals surface area contributed by atoms with E-state index in [4.69, 9.17) is 9.47 Å². The number of aromatic nitrogens is 1. The average molecular weight is 450 g/mol. The van der Waals surface area contributed by atoms with Gasteiger partial charge in [0.15, 0.2) is 5.75 Å². The first kappa shape index (κ1) is 28.5. The van der Waals surface area contributed by atoms with Gasteiger partial charge in [-0.25, -0.2) is 4.98 Å². The van der Waals surface area contributed by atoms with E-state index < -0.39 is 5.95 Å². The van der Waals surface area contributed by atoms with E-state index in [0.29, 0.717) is 30.1 Å². The molecule has 0 saturated carbocycles. The minimum absolute atomic E-state index is 0.196. The van der Waals surface area contributed by atoms with E-state index in [1.54, 1.807) is 12.1 Å². The molecule has 0 N–H and O–H groups in total. The van der Waals surface area contributed by atoms with Crippen molar-refractivity contribution in [2.45, 2.75) is 99.8 Å². The van der Waals surface area contributed by atoms with Crippen LogP contribution in [0.15, 0.2) is 18.7 Å². The Morgan fingerprint density at radius 2 is 1.44 bits per heavy atom. The van der Waals surface area contributed by atoms with Gasteiger partial charge >= 0.3 is 0 Å². The van der Waals surface area contributed by atoms with Crippen molar-refractivity contribution in [2.75, 3.05) is 13.2 Å². The van der Waals surface area contributed by atoms with Gasteiger partial charge in [-0.1, -0.05) is 86.6 Å². The van der Waals surface area contributed by atoms with Crippen LogP contribution in [-0.4, -0.2) is 18.2 Å². The third kappa shape index (κ3) is 8.41. The van der Waals surface area contributed by atoms with E-state index in [9.17, 15) is 4.39 Å². The lowest BCUT2D eigenvalue weighted by molar-refractivity contribution is 0.0356. The summed E-state index contributed by atoms with van der Waals surface area (Å²) in [6.45, 7) is 21.0. The minimum atomic E-state index is -0.608. The van der Waals surface area contributed by atoms with Gasteiger partial charge in [0, 0.05) is 0 Å². The molecule has 1 rings (SSSR count). The number of rotatable bonds is 17. The number of unbranched alkanes of at least 4 members (excludes halogenated alkanes) is 6. The second kappa shape index (κ2) is 14.5. The van der Waals surface area contributed by atoms with Gasteiger partial charge in [0.05, 0.1) is 13.2 Å². The summed E-state index contributed by atoms with van der Waals surface area (Å²) in [6, 6.07) is 3.29. The van der Waals surface area contributed by atoms with Crippen LogP contribution in [0.2, 0.25) is 0 Å². The minimum Gasteiger partial charge on any atom is -0.492 e. The van der Waals surface area contributed by atoms with E-state index in [1.165, 1.54) is 38.5 Å². The van der Waals surface area contributed by atoms with Crippen LogP contribution in [0.1, 0.15) is 106 Å². The van der Waals surface area contributed by atoms with Crippen molar-refractivity contribution >= 4 is 5.76 Å². The summed E-state index contributed by atoms with van der Waals surface area (Å²) in [7, 11) is 0. The van der Waals surface area contributed by atoms with Gasteiger partial charge in [-0.15, -0.1) is 0 Å². The first-order valence-corrected chi connectivity index (χ1v) is 12.8. The van der Waals surface area contributed by atoms with Gasteiger partial charge < -0.3 is 9.47 Å². The predicted octanol–water partition coefficient (Wildman–Crippen LogP) is 8.68. The molecule has 0 aliphatic carbocycles. The Hall–Kier alpha value is -1.58. The predicted molar refractivity (Wildman–Crippen MR) is 134 cm³/mol. The van der Waals surface area contributed by atoms with Crippen LogP contribution in [0.4, 0.5) is 4.39 Å². The van der Waals surface area contributed by atoms with Gasteiger partial charge in [0.25, 0.3) is 5.95 Å². The number of pyridine rings is 1. The van der Waals surface area contributed by atoms with Crippen molar-refractivity contribution in [1.82, 2.24) is 4.98 Å². The summed E-state index contributed by atoms with van der Waals surface area (Å²) in [5, 5.41) is 0. The maximum absolute atomic E-state index is 14.1. The Bertz CT molecular complexity index is 648. The monoisotopic (exact) mass is 449 g/mol. The molecule has 0 unspecified atom stereocenters. The van der Waals surface area contributed by atoms with Crippen molar-refractivity contribution in [3.63, 3.8) is 0 Å². The Labute approximate surface area is 197 Å². The smallest absolute Gasteiger partial charge is 0.255 e. The zero-order chi connectivity index (χ0) is 24.1. The average Bonchev–Trinajstić information content (AvgIpc) is 2.72. The van der Waals surface area contributed by atoms with Crippen molar-refractivity contribution < 1.29 is 13.9 Å². The standard InChI is InChI=1S/C28H48FNO2/c1-9-31-24(8)25-17-18-26(27(29)30-25)32-20-16-14-12-10-11-13-15-19-28(21(2)3,22(4)5)23(6)7/h17-18,21-23H,8-16,19-20H2,1-7H3. The highest BCUT2D eigenvalue weighted by Gasteiger charge is 2.39. The lowest BCUT2D eigenvalue weighted by Crippen LogP contribution is -2.38. The lowest BCUT2D eigenvalue weighted by atomic mass is 9.60. The molecule has 0 radical (unpaired) electrons. The van der Waals surface area contributed by atoms with Crippen molar-refractivity contribution in [1.29, 1.82) is 0 Å². The molecule has 3 nitrogen and oxygen atoms in total. The molecule has 0 aliphatic heterocycles. The summed E-state index contributed by atoms with van der Waals surface area (Å²) < 4.78 is 24.9. The van der Waals surface area contributed by atoms with Crippen LogP contribution in [0.25, 0.3) is 5.76 Å². The highest BCUT2D eigenvalue weighted by atomic mass is 19.1. The van der Waals surface area contributed by atoms with Crippen LogP contribution in [0.3, 0.4) is 0 Å². The normalized spacial score (nSPS) is 12.1. The number of halogens is 1. The summed E-state index contributed by atoms with van der Waals surface area (Å²) in [6.07, 6.45) is 9.81. The fraction of sp³-hybridized carbons (Fsp3) is 0.750. The number of ether oxygens (including phenoxy) is 2. The summed E-state index contributed by atoms with van der Waals surface area (Å²) in [4.78, 5) is 3.88. The summed E-state index contributed by atoms with van der Waals surface area (Å²) >= 11 is 0. The fourth-order valence-corrected chi connectivity index (χ4v) is 5.40. The molecule has 0 spiro atoms. The topological polar surface area (TPSA) is 31.4 Å². The molecule has 0 saturated heterocycles. The number of nitrogens with zero attached hydrogens (tertiary/aromatic N) is 1. The Morgan fingerprint density at radius 1 is 0.906 bits per heavy atom. The van der Waals surface area contributed by atoms with Crippen LogP contribution in [-0.2, 0) is 4.74 Å². The van der Waals surface area contributed by atoms with E-state index in [2.05, 4.69) is 53.1 Å². The molecule has 1 aromatic rings. The Morgan fingerprint density at radius 3 is 1.94 bits per heavy atom. The molecule has 1 aromatic heterocycles. The largest absolute Gasteiger partial charge is 0.492 e. The van der Waals surface area contributed by atoms with Crippen molar-refractivity contribution in [3.05, 3.63) is 30.4 Å². The molecule has 184 valence electrons. The highest BCUT2D eigenvalue weighted by molar-refractivity contribution is 5.53. The van der Waals surface area contributed by atoms with E-state index in [0.717, 1.165) is 30.6 Å². The third-order valence-corrected chi connectivity index (χ3v) is 7.16. The van der Waals surface area contributed by atoms with E-state index >= 15 is 0 Å². The van der Waals surface area contributed by atoms with E-state index in [-0.39, 0.29) is 5.75 Å². The molecule has 0 aromatic carbocycles. The van der Waals surface area contributed by atoms with Gasteiger partial charge in [-0.3, -0.25) is 0 Å². The molecule has 0 bridgehead atoms. The Balaban J connectivity index is 2.21. The number of hydrogen-bond donors (Lipinski definition) is 0. The third-order valence-electron chi connectivity index (χ3n) is 7.16. The van der Waals surface area contributed by atoms with Gasteiger partial charge in [-0.05, 0) is 55.1 Å². The molecule has 4 heteroatoms. The lowest BCUT2D eigenvalue weighted by Gasteiger charge is -2.45. The zero-order valence-corrected chi connectivity index (χ0v) is 21.8. The molecule has 1 heterocycles. The quantitative estimate of drug-likeness (QED) is 0.135. The molecular formula is C28H48FNO2.